The van der Waals surface area contributed by atoms with Crippen LogP contribution in [0.1, 0.15) is 5.56 Å². The van der Waals surface area contributed by atoms with Crippen molar-refractivity contribution in [1.29, 1.82) is 5.26 Å². The van der Waals surface area contributed by atoms with Gasteiger partial charge in [-0.05, 0) is 6.08 Å². The summed E-state index contributed by atoms with van der Waals surface area (Å²) in [5.41, 5.74) is -1.13. The molecule has 0 aliphatic carbocycles. The highest BCUT2D eigenvalue weighted by Gasteiger charge is 2.23. The van der Waals surface area contributed by atoms with E-state index in [0.717, 1.165) is 0 Å². The number of rotatable bonds is 1. The lowest BCUT2D eigenvalue weighted by Crippen LogP contribution is -2.03. The van der Waals surface area contributed by atoms with E-state index < -0.39 is 34.6 Å². The van der Waals surface area contributed by atoms with Gasteiger partial charge < -0.3 is 0 Å². The molecule has 0 aromatic heterocycles. The van der Waals surface area contributed by atoms with Gasteiger partial charge in [-0.2, -0.15) is 5.26 Å². The van der Waals surface area contributed by atoms with Crippen molar-refractivity contribution < 1.29 is 22.0 Å². The first kappa shape index (κ1) is 11.2. The van der Waals surface area contributed by atoms with Crippen LogP contribution in [0.4, 0.5) is 22.0 Å². The zero-order valence-electron chi connectivity index (χ0n) is 6.99. The number of hydrogen-bond acceptors (Lipinski definition) is 1. The molecule has 0 aliphatic heterocycles. The topological polar surface area (TPSA) is 23.8 Å². The number of halogens is 5. The van der Waals surface area contributed by atoms with Crippen LogP contribution in [-0.2, 0) is 0 Å². The van der Waals surface area contributed by atoms with Crippen molar-refractivity contribution >= 4 is 6.08 Å². The fourth-order valence-corrected chi connectivity index (χ4v) is 0.889. The minimum atomic E-state index is -2.22. The van der Waals surface area contributed by atoms with Gasteiger partial charge in [0, 0.05) is 6.08 Å². The Morgan fingerprint density at radius 2 is 1.20 bits per heavy atom. The Hall–Kier alpha value is -1.90. The summed E-state index contributed by atoms with van der Waals surface area (Å²) in [6.45, 7) is 0. The van der Waals surface area contributed by atoms with E-state index in [2.05, 4.69) is 0 Å². The zero-order chi connectivity index (χ0) is 11.6. The minimum absolute atomic E-state index is 0.510. The number of benzene rings is 1. The second-order valence-corrected chi connectivity index (χ2v) is 2.45. The van der Waals surface area contributed by atoms with Gasteiger partial charge in [0.15, 0.2) is 23.3 Å². The van der Waals surface area contributed by atoms with Gasteiger partial charge in [0.05, 0.1) is 11.6 Å². The Kier molecular flexibility index (Phi) is 3.04. The van der Waals surface area contributed by atoms with E-state index in [-0.39, 0.29) is 0 Å². The molecule has 1 aromatic rings. The highest BCUT2D eigenvalue weighted by molar-refractivity contribution is 5.53. The molecule has 0 spiro atoms. The smallest absolute Gasteiger partial charge is 0.200 e. The normalized spacial score (nSPS) is 10.7. The number of allylic oxidation sites excluding steroid dienone is 1. The summed E-state index contributed by atoms with van der Waals surface area (Å²) in [6, 6.07) is 1.37. The molecule has 0 unspecified atom stereocenters. The molecule has 1 rings (SSSR count). The van der Waals surface area contributed by atoms with Crippen LogP contribution in [0, 0.1) is 40.4 Å². The summed E-state index contributed by atoms with van der Waals surface area (Å²) < 4.78 is 63.3. The van der Waals surface area contributed by atoms with Gasteiger partial charge in [0.1, 0.15) is 0 Å². The summed E-state index contributed by atoms with van der Waals surface area (Å²) in [7, 11) is 0. The second-order valence-electron chi connectivity index (χ2n) is 2.45. The molecule has 6 heteroatoms. The third-order valence-electron chi connectivity index (χ3n) is 1.57. The molecule has 78 valence electrons. The van der Waals surface area contributed by atoms with Crippen LogP contribution in [0.5, 0.6) is 0 Å². The van der Waals surface area contributed by atoms with Gasteiger partial charge in [0.25, 0.3) is 0 Å². The minimum Gasteiger partial charge on any atom is -0.203 e. The molecular weight excluding hydrogens is 217 g/mol. The molecule has 1 nitrogen and oxygen atoms in total. The van der Waals surface area contributed by atoms with Crippen LogP contribution in [0.2, 0.25) is 0 Å². The van der Waals surface area contributed by atoms with Gasteiger partial charge in [-0.15, -0.1) is 0 Å². The summed E-state index contributed by atoms with van der Waals surface area (Å²) in [6.07, 6.45) is 1.12. The molecule has 0 saturated heterocycles. The first-order valence-electron chi connectivity index (χ1n) is 3.58. The van der Waals surface area contributed by atoms with Crippen molar-refractivity contribution in [1.82, 2.24) is 0 Å². The molecule has 15 heavy (non-hydrogen) atoms. The monoisotopic (exact) mass is 219 g/mol. The molecule has 0 aliphatic rings. The Balaban J connectivity index is 3.54. The molecule has 0 saturated carbocycles. The van der Waals surface area contributed by atoms with Gasteiger partial charge in [-0.3, -0.25) is 0 Å². The van der Waals surface area contributed by atoms with E-state index in [1.807, 2.05) is 0 Å². The molecule has 0 radical (unpaired) electrons. The van der Waals surface area contributed by atoms with Crippen LogP contribution < -0.4 is 0 Å². The number of nitrogens with zero attached hydrogens (tertiary/aromatic N) is 1. The standard InChI is InChI=1S/C9H2F5N/c10-5-4(2-1-3-15)6(11)8(13)9(14)7(5)12/h1-2H. The van der Waals surface area contributed by atoms with Crippen LogP contribution in [0.25, 0.3) is 6.08 Å². The van der Waals surface area contributed by atoms with E-state index in [1.165, 1.54) is 6.07 Å². The van der Waals surface area contributed by atoms with Crippen LogP contribution in [-0.4, -0.2) is 0 Å². The van der Waals surface area contributed by atoms with Crippen LogP contribution >= 0.6 is 0 Å². The Morgan fingerprint density at radius 1 is 0.800 bits per heavy atom. The van der Waals surface area contributed by atoms with Crippen molar-refractivity contribution in [2.24, 2.45) is 0 Å². The highest BCUT2D eigenvalue weighted by atomic mass is 19.2. The van der Waals surface area contributed by atoms with E-state index >= 15 is 0 Å². The molecule has 0 bridgehead atoms. The highest BCUT2D eigenvalue weighted by Crippen LogP contribution is 2.23. The van der Waals surface area contributed by atoms with Crippen LogP contribution in [0.3, 0.4) is 0 Å². The summed E-state index contributed by atoms with van der Waals surface area (Å²) in [5.74, 6) is -10.2. The maximum atomic E-state index is 12.8. The SMILES string of the molecule is N#CC=Cc1c(F)c(F)c(F)c(F)c1F. The molecule has 0 amide bonds. The van der Waals surface area contributed by atoms with Gasteiger partial charge in [-0.1, -0.05) is 0 Å². The van der Waals surface area contributed by atoms with E-state index in [0.29, 0.717) is 12.2 Å². The maximum absolute atomic E-state index is 12.8. The Bertz CT molecular complexity index is 443. The average Bonchev–Trinajstić information content (AvgIpc) is 2.24. The quantitative estimate of drug-likeness (QED) is 0.308. The lowest BCUT2D eigenvalue weighted by Gasteiger charge is -2.03. The maximum Gasteiger partial charge on any atom is 0.200 e. The summed E-state index contributed by atoms with van der Waals surface area (Å²) >= 11 is 0. The molecule has 0 fully saturated rings. The van der Waals surface area contributed by atoms with E-state index in [4.69, 9.17) is 5.26 Å². The van der Waals surface area contributed by atoms with Gasteiger partial charge >= 0.3 is 0 Å². The van der Waals surface area contributed by atoms with Crippen molar-refractivity contribution in [3.05, 3.63) is 40.7 Å². The second kappa shape index (κ2) is 4.09. The third-order valence-corrected chi connectivity index (χ3v) is 1.57. The first-order valence-corrected chi connectivity index (χ1v) is 3.58. The van der Waals surface area contributed by atoms with Gasteiger partial charge in [-0.25, -0.2) is 22.0 Å². The largest absolute Gasteiger partial charge is 0.203 e. The van der Waals surface area contributed by atoms with E-state index in [1.54, 1.807) is 0 Å². The molecule has 1 aromatic carbocycles. The Morgan fingerprint density at radius 3 is 1.60 bits per heavy atom. The molecule has 0 atom stereocenters. The predicted octanol–water partition coefficient (Wildman–Crippen LogP) is 2.92. The van der Waals surface area contributed by atoms with Crippen molar-refractivity contribution in [3.63, 3.8) is 0 Å². The fraction of sp³-hybridized carbons (Fsp3) is 0. The van der Waals surface area contributed by atoms with Crippen LogP contribution in [0.15, 0.2) is 6.08 Å². The summed E-state index contributed by atoms with van der Waals surface area (Å²) in [4.78, 5) is 0. The molecule has 0 heterocycles. The average molecular weight is 219 g/mol. The molecular formula is C9H2F5N. The Labute approximate surface area is 81.1 Å². The van der Waals surface area contributed by atoms with Crippen molar-refractivity contribution in [2.75, 3.05) is 0 Å². The van der Waals surface area contributed by atoms with Crippen molar-refractivity contribution in [2.45, 2.75) is 0 Å². The number of nitriles is 1. The van der Waals surface area contributed by atoms with Crippen molar-refractivity contribution in [3.8, 4) is 6.07 Å². The fourth-order valence-electron chi connectivity index (χ4n) is 0.889. The zero-order valence-corrected chi connectivity index (χ0v) is 6.99. The number of hydrogen-bond donors (Lipinski definition) is 0. The van der Waals surface area contributed by atoms with Gasteiger partial charge in [0.2, 0.25) is 5.82 Å². The van der Waals surface area contributed by atoms with E-state index in [9.17, 15) is 22.0 Å². The third kappa shape index (κ3) is 1.81. The summed E-state index contributed by atoms with van der Waals surface area (Å²) in [5, 5.41) is 8.06. The first-order chi connectivity index (χ1) is 7.00. The lowest BCUT2D eigenvalue weighted by molar-refractivity contribution is 0.377. The predicted molar refractivity (Wildman–Crippen MR) is 40.9 cm³/mol. The molecule has 0 N–H and O–H groups in total. The lowest BCUT2D eigenvalue weighted by atomic mass is 10.1.